The number of ether oxygens (including phenoxy) is 6. The minimum absolute atomic E-state index is 0. The van der Waals surface area contributed by atoms with Gasteiger partial charge in [0.2, 0.25) is 0 Å². The van der Waals surface area contributed by atoms with Gasteiger partial charge >= 0.3 is 11.9 Å². The molecule has 3 rings (SSSR count). The molecule has 2 fully saturated rings. The Kier molecular flexibility index (Phi) is 75.5. The third-order valence-corrected chi connectivity index (χ3v) is 24.9. The van der Waals surface area contributed by atoms with Crippen molar-refractivity contribution in [1.29, 1.82) is 0 Å². The van der Waals surface area contributed by atoms with E-state index < -0.39 is 60.6 Å². The molecule has 2 aliphatic heterocycles. The summed E-state index contributed by atoms with van der Waals surface area (Å²) in [4.78, 5) is 67.8. The first kappa shape index (κ1) is 122. The van der Waals surface area contributed by atoms with E-state index in [9.17, 15) is 24.0 Å². The van der Waals surface area contributed by atoms with E-state index in [1.54, 1.807) is 48.6 Å². The fourth-order valence-electron chi connectivity index (χ4n) is 13.8. The fourth-order valence-corrected chi connectivity index (χ4v) is 16.8. The Balaban J connectivity index is -0.0000000349. The van der Waals surface area contributed by atoms with E-state index in [1.165, 1.54) is 148 Å². The summed E-state index contributed by atoms with van der Waals surface area (Å²) >= 11 is 1.24. The molecule has 2 saturated heterocycles. The maximum atomic E-state index is 13.3. The zero-order valence-electron chi connectivity index (χ0n) is 81.9. The van der Waals surface area contributed by atoms with Crippen LogP contribution in [0.2, 0.25) is 0 Å². The highest BCUT2D eigenvalue weighted by Crippen LogP contribution is 2.41. The third-order valence-electron chi connectivity index (χ3n) is 21.7. The highest BCUT2D eigenvalue weighted by atomic mass is 33.1. The Bertz CT molecular complexity index is 5850. The molecule has 3 heterocycles. The van der Waals surface area contributed by atoms with Crippen LogP contribution in [0.25, 0.3) is 0 Å². The zero-order chi connectivity index (χ0) is 99.2. The van der Waals surface area contributed by atoms with Gasteiger partial charge in [-0.05, 0) is 275 Å². The van der Waals surface area contributed by atoms with Gasteiger partial charge in [0.05, 0.1) is 37.5 Å². The van der Waals surface area contributed by atoms with Crippen molar-refractivity contribution >= 4 is 62.2 Å². The monoisotopic (exact) mass is 1980 g/mol. The van der Waals surface area contributed by atoms with Crippen LogP contribution in [0.1, 0.15) is 347 Å². The molecule has 0 saturated carbocycles. The van der Waals surface area contributed by atoms with E-state index in [0.29, 0.717) is 17.6 Å². The van der Waals surface area contributed by atoms with Crippen LogP contribution in [-0.2, 0) is 52.4 Å². The fraction of sp³-hybridized carbons (Fsp3) is 0.517. The molecule has 0 aliphatic carbocycles. The third kappa shape index (κ3) is 65.4. The SMILES string of the molecule is C.CC#CC#CC#CC#CC#CC#CC#CC#CC#CC#CC#CC#CC(=O)N[C@@H](CO[C@H]1OC(CSC(C)=O)[C@H](C)[C@H](C)C1C)[C@H](OC(C)=O)[C@H](C)CCCCCCCCCCCCCC.CC#CC#CC#CC#CC#CC#CC#CC#CC#CC#CC#CC#CC(=O)N[C@@H](CO[C@H]1OC(CSSc2ccccn2)[C@H](C)[C@H](C)C1C)[C@H](OC(C)=O)[C@H](C)CCCCCCCCCCCCCC.[HH].[HH].[HH].[HH].[HH].[HH].[HH].[HH].[HH].[HH].[HH].[HH].[HH].[HH].[HH].[HH].[HH].[HH].[HH].[HH].[HH].[HH].[HH].[HH].[HH].[HH].[HH].[HH].[HH].[HH].[HH].[HH].[HH].[HH].[HH].[HH].[HH].[HH].[HH].[HH].[HH].[HH].[HH].[HH].[HH].[HH].[HH].[HH]. The van der Waals surface area contributed by atoms with Gasteiger partial charge in [0.1, 0.15) is 17.2 Å². The number of nitrogens with zero attached hydrogens (tertiary/aromatic N) is 1. The first-order valence-electron chi connectivity index (χ1n) is 46.9. The summed E-state index contributed by atoms with van der Waals surface area (Å²) in [6, 6.07) is 4.44. The van der Waals surface area contributed by atoms with Gasteiger partial charge in [-0.1, -0.05) is 271 Å². The highest BCUT2D eigenvalue weighted by Gasteiger charge is 2.43. The first-order chi connectivity index (χ1) is 66.2. The standard InChI is InChI=1S/C61H64N2O5S2.C58H63NO6S.CH4.48H2/c1-8-10-12-14-16-18-20-22-23-24-25-26-27-28-29-30-31-32-34-36-38-40-42-46-58(65)63-56(60(67-55(7)64)51(3)45-41-39-37-35-33-21-19-17-15-13-11-9-2)49-66-61-54(6)52(4)53(5)57(68-61)50-69-70-59-47-43-44-48-62-59;1-9-11-13-15-17-19-21-23-24-25-26-27-28-29-30-31-32-33-35-37-39-41-43-45-56(62)59-54(46-63-58-51(6)49(4)50(5)55(65-58)47-66-53(8)61)57(64-52(7)60)48(3)44-42-40-38-36-34-22-20-18-16-14-12-10-2;;;;;;;;;;;;;;;;;;;;;;;;;;;;;;;;;;;;;;;;;;;;;;;;;/h43-44,47-48,51-54,56-57,60-61H,9,11,13,15,17,19,21,33,35,37,39,41,45,49-50H2,1-7H3,(H,63,65);48-51,54-55,57-58H,10,12,14,16,18,20,22,34,36,38,40,42,44,46-47H2,1-8H3,(H,59,62);1H4;48*1H/t51-,52+,53-,54?,56+,57?,60-,61+;48-,49+,50-,51?,54+,55?,57-,58+;;;;;;;;;;;;;;;;;;;;;;;;;;;;;;;;;;;;;;;;;;;;;;;;;/m11................................................./s1. The van der Waals surface area contributed by atoms with Crippen molar-refractivity contribution in [2.75, 3.05) is 24.7 Å². The second-order valence-electron chi connectivity index (χ2n) is 32.1. The summed E-state index contributed by atoms with van der Waals surface area (Å²) in [5.74, 6) is 122. The Morgan fingerprint density at radius 1 is 0.372 bits per heavy atom. The van der Waals surface area contributed by atoms with E-state index in [0.717, 1.165) is 55.7 Å². The minimum Gasteiger partial charge on any atom is -0.460 e. The lowest BCUT2D eigenvalue weighted by atomic mass is 9.79. The summed E-state index contributed by atoms with van der Waals surface area (Å²) in [6.07, 6.45) is 30.7. The molecule has 1 aromatic heterocycles. The lowest BCUT2D eigenvalue weighted by Crippen LogP contribution is -2.53. The van der Waals surface area contributed by atoms with Crippen molar-refractivity contribution in [2.45, 2.75) is 332 Å². The van der Waals surface area contributed by atoms with E-state index in [-0.39, 0.29) is 142 Å². The molecular weight excluding hydrogens is 1760 g/mol. The molecular formula is C120H227N3O11S3. The lowest BCUT2D eigenvalue weighted by Gasteiger charge is -2.44. The van der Waals surface area contributed by atoms with Crippen molar-refractivity contribution < 1.29 is 121 Å². The average Bonchev–Trinajstić information content (AvgIpc) is 0.813. The van der Waals surface area contributed by atoms with E-state index >= 15 is 0 Å². The molecule has 0 spiro atoms. The van der Waals surface area contributed by atoms with Gasteiger partial charge in [-0.3, -0.25) is 24.0 Å². The number of rotatable bonds is 46. The summed E-state index contributed by atoms with van der Waals surface area (Å²) in [7, 11) is 3.33. The van der Waals surface area contributed by atoms with Gasteiger partial charge in [0.25, 0.3) is 11.8 Å². The Morgan fingerprint density at radius 3 is 0.905 bits per heavy atom. The predicted molar refractivity (Wildman–Crippen MR) is 661 cm³/mol. The Labute approximate surface area is 908 Å². The number of amides is 2. The van der Waals surface area contributed by atoms with Crippen LogP contribution < -0.4 is 10.6 Å². The maximum Gasteiger partial charge on any atom is 0.302 e. The molecule has 806 valence electrons. The van der Waals surface area contributed by atoms with E-state index in [2.05, 4.69) is 362 Å². The Hall–Kier alpha value is -13.0. The minimum atomic E-state index is -0.725. The quantitative estimate of drug-likeness (QED) is 0.0272. The molecule has 2 aliphatic rings. The molecule has 14 nitrogen and oxygen atoms in total. The molecule has 137 heavy (non-hydrogen) atoms. The normalized spacial score (nSPS) is 16.8. The summed E-state index contributed by atoms with van der Waals surface area (Å²) in [5, 5.41) is 6.89. The first-order valence-corrected chi connectivity index (χ1v) is 50.2. The molecule has 17 heteroatoms. The van der Waals surface area contributed by atoms with Crippen LogP contribution in [0.3, 0.4) is 0 Å². The zero-order valence-corrected chi connectivity index (χ0v) is 84.4. The van der Waals surface area contributed by atoms with Crippen molar-refractivity contribution in [3.05, 3.63) is 24.4 Å². The number of carbonyl (C=O) groups is 5. The topological polar surface area (TPSA) is 178 Å². The van der Waals surface area contributed by atoms with Crippen molar-refractivity contribution in [3.63, 3.8) is 0 Å². The largest absolute Gasteiger partial charge is 0.460 e. The van der Waals surface area contributed by atoms with Crippen LogP contribution in [0, 0.1) is 332 Å². The van der Waals surface area contributed by atoms with Gasteiger partial charge in [-0.25, -0.2) is 4.98 Å². The van der Waals surface area contributed by atoms with Gasteiger partial charge in [0.15, 0.2) is 17.7 Å². The molecule has 0 radical (unpaired) electrons. The molecule has 0 bridgehead atoms. The summed E-state index contributed by atoms with van der Waals surface area (Å²) in [6.45, 7) is 29.3. The molecule has 4 unspecified atom stereocenters. The number of hydrogen-bond donors (Lipinski definition) is 2. The molecule has 2 N–H and O–H groups in total. The van der Waals surface area contributed by atoms with Gasteiger partial charge in [-0.2, -0.15) is 0 Å². The van der Waals surface area contributed by atoms with Gasteiger partial charge < -0.3 is 39.1 Å². The smallest absolute Gasteiger partial charge is 0.302 e. The summed E-state index contributed by atoms with van der Waals surface area (Å²) in [5.41, 5.74) is 0. The number of hydrogen-bond acceptors (Lipinski definition) is 15. The second-order valence-corrected chi connectivity index (χ2v) is 35.7. The van der Waals surface area contributed by atoms with Gasteiger partial charge in [-0.15, -0.1) is 0 Å². The van der Waals surface area contributed by atoms with Crippen molar-refractivity contribution in [1.82, 2.24) is 15.6 Å². The molecule has 1 aromatic rings. The predicted octanol–water partition coefficient (Wildman–Crippen LogP) is 30.2. The number of esters is 2. The molecule has 16 atom stereocenters. The average molecular weight is 1980 g/mol. The number of pyridine rings is 1. The molecule has 0 aromatic carbocycles. The maximum absolute atomic E-state index is 13.3. The van der Waals surface area contributed by atoms with Crippen molar-refractivity contribution in [2.24, 2.45) is 47.3 Å². The number of thioether (sulfide) groups is 1. The van der Waals surface area contributed by atoms with Crippen LogP contribution in [-0.4, -0.2) is 108 Å². The number of nitrogens with one attached hydrogen (secondary N) is 2. The van der Waals surface area contributed by atoms with E-state index in [4.69, 9.17) is 28.4 Å². The van der Waals surface area contributed by atoms with E-state index in [1.807, 2.05) is 25.1 Å². The van der Waals surface area contributed by atoms with Gasteiger partial charge in [0, 0.05) is 202 Å². The van der Waals surface area contributed by atoms with Crippen molar-refractivity contribution in [3.8, 4) is 284 Å². The van der Waals surface area contributed by atoms with Crippen LogP contribution >= 0.6 is 33.3 Å². The number of aromatic nitrogens is 1. The van der Waals surface area contributed by atoms with Crippen LogP contribution in [0.5, 0.6) is 0 Å². The summed E-state index contributed by atoms with van der Waals surface area (Å²) < 4.78 is 37.9. The highest BCUT2D eigenvalue weighted by molar-refractivity contribution is 8.76. The van der Waals surface area contributed by atoms with Crippen LogP contribution in [0.15, 0.2) is 29.4 Å². The lowest BCUT2D eigenvalue weighted by molar-refractivity contribution is -0.246. The number of carbonyl (C=O) groups excluding carboxylic acids is 5. The second kappa shape index (κ2) is 84.7. The molecule has 2 amide bonds. The number of unbranched alkanes of at least 4 members (excludes halogenated alkanes) is 22. The Morgan fingerprint density at radius 2 is 0.642 bits per heavy atom. The van der Waals surface area contributed by atoms with Crippen LogP contribution in [0.4, 0.5) is 0 Å².